The quantitative estimate of drug-likeness (QED) is 0.401. The summed E-state index contributed by atoms with van der Waals surface area (Å²) in [6.45, 7) is 5.67. The number of β-amino-alcohol motifs (C(OH)–C–C–N with tert-alkyl or cyclic N) is 1. The topological polar surface area (TPSA) is 91.6 Å². The predicted octanol–water partition coefficient (Wildman–Crippen LogP) is 5.26. The lowest BCUT2D eigenvalue weighted by Crippen LogP contribution is -2.42. The third-order valence-corrected chi connectivity index (χ3v) is 6.41. The number of fused-ring (bicyclic) bond motifs is 2. The SMILES string of the molecule is CCc1c(F)ccc2cc(O)cc(-c3ncc4c(N5C=C(C)CC(C)(O)C5)nc(OC)nc4c3F)c12. The van der Waals surface area contributed by atoms with Crippen molar-refractivity contribution >= 4 is 27.5 Å². The minimum absolute atomic E-state index is 0.0379. The van der Waals surface area contributed by atoms with Gasteiger partial charge in [0, 0.05) is 24.4 Å². The van der Waals surface area contributed by atoms with Crippen molar-refractivity contribution in [2.75, 3.05) is 18.6 Å². The zero-order valence-electron chi connectivity index (χ0n) is 20.4. The number of methoxy groups -OCH3 is 1. The largest absolute Gasteiger partial charge is 0.508 e. The first-order chi connectivity index (χ1) is 17.1. The second-order valence-corrected chi connectivity index (χ2v) is 9.46. The number of anilines is 1. The highest BCUT2D eigenvalue weighted by molar-refractivity contribution is 6.01. The van der Waals surface area contributed by atoms with E-state index in [0.717, 1.165) is 5.57 Å². The fraction of sp³-hybridized carbons (Fsp3) is 0.296. The average molecular weight is 493 g/mol. The van der Waals surface area contributed by atoms with Crippen molar-refractivity contribution in [2.24, 2.45) is 0 Å². The number of pyridine rings is 1. The summed E-state index contributed by atoms with van der Waals surface area (Å²) in [6.07, 6.45) is 4.18. The molecule has 3 heterocycles. The monoisotopic (exact) mass is 492 g/mol. The molecule has 0 amide bonds. The van der Waals surface area contributed by atoms with Crippen molar-refractivity contribution in [1.82, 2.24) is 15.0 Å². The molecule has 9 heteroatoms. The fourth-order valence-electron chi connectivity index (χ4n) is 5.07. The van der Waals surface area contributed by atoms with Crippen LogP contribution in [0, 0.1) is 11.6 Å². The van der Waals surface area contributed by atoms with E-state index in [2.05, 4.69) is 15.0 Å². The third kappa shape index (κ3) is 3.99. The molecule has 4 aromatic rings. The molecule has 5 rings (SSSR count). The predicted molar refractivity (Wildman–Crippen MR) is 134 cm³/mol. The minimum Gasteiger partial charge on any atom is -0.508 e. The van der Waals surface area contributed by atoms with Crippen LogP contribution >= 0.6 is 0 Å². The molecule has 0 spiro atoms. The number of phenols is 1. The van der Waals surface area contributed by atoms with Gasteiger partial charge in [-0.15, -0.1) is 0 Å². The Morgan fingerprint density at radius 3 is 2.67 bits per heavy atom. The van der Waals surface area contributed by atoms with Gasteiger partial charge in [-0.1, -0.05) is 18.6 Å². The number of aromatic hydroxyl groups is 1. The average Bonchev–Trinajstić information content (AvgIpc) is 2.82. The molecule has 0 fully saturated rings. The molecule has 186 valence electrons. The molecule has 0 aliphatic carbocycles. The maximum Gasteiger partial charge on any atom is 0.318 e. The van der Waals surface area contributed by atoms with Gasteiger partial charge in [0.05, 0.1) is 24.6 Å². The van der Waals surface area contributed by atoms with Crippen LogP contribution in [0.15, 0.2) is 42.2 Å². The first kappa shape index (κ1) is 23.9. The number of ether oxygens (including phenoxy) is 1. The Morgan fingerprint density at radius 1 is 1.19 bits per heavy atom. The fourth-order valence-corrected chi connectivity index (χ4v) is 5.07. The smallest absolute Gasteiger partial charge is 0.318 e. The van der Waals surface area contributed by atoms with Crippen LogP contribution in [-0.2, 0) is 6.42 Å². The molecule has 0 saturated carbocycles. The van der Waals surface area contributed by atoms with Crippen molar-refractivity contribution in [3.8, 4) is 23.0 Å². The van der Waals surface area contributed by atoms with E-state index in [1.165, 1.54) is 31.5 Å². The first-order valence-corrected chi connectivity index (χ1v) is 11.6. The van der Waals surface area contributed by atoms with Crippen molar-refractivity contribution in [3.05, 3.63) is 59.4 Å². The van der Waals surface area contributed by atoms with Gasteiger partial charge in [0.15, 0.2) is 5.82 Å². The van der Waals surface area contributed by atoms with Gasteiger partial charge in [0.2, 0.25) is 0 Å². The van der Waals surface area contributed by atoms with Crippen LogP contribution < -0.4 is 9.64 Å². The zero-order chi connectivity index (χ0) is 25.8. The van der Waals surface area contributed by atoms with E-state index in [0.29, 0.717) is 40.4 Å². The Labute approximate surface area is 206 Å². The van der Waals surface area contributed by atoms with Crippen LogP contribution in [-0.4, -0.2) is 44.4 Å². The summed E-state index contributed by atoms with van der Waals surface area (Å²) in [5.74, 6) is -0.916. The van der Waals surface area contributed by atoms with E-state index in [4.69, 9.17) is 4.74 Å². The maximum atomic E-state index is 16.2. The van der Waals surface area contributed by atoms with Gasteiger partial charge in [-0.3, -0.25) is 4.98 Å². The number of benzene rings is 2. The molecular formula is C27H26F2N4O3. The summed E-state index contributed by atoms with van der Waals surface area (Å²) in [5, 5.41) is 22.4. The molecule has 1 unspecified atom stereocenters. The number of halogens is 2. The molecule has 0 saturated heterocycles. The highest BCUT2D eigenvalue weighted by Gasteiger charge is 2.31. The van der Waals surface area contributed by atoms with Gasteiger partial charge >= 0.3 is 6.01 Å². The summed E-state index contributed by atoms with van der Waals surface area (Å²) >= 11 is 0. The number of nitrogens with zero attached hydrogens (tertiary/aromatic N) is 4. The second-order valence-electron chi connectivity index (χ2n) is 9.46. The summed E-state index contributed by atoms with van der Waals surface area (Å²) in [6, 6.07) is 5.72. The Balaban J connectivity index is 1.79. The van der Waals surface area contributed by atoms with Crippen LogP contribution in [0.1, 0.15) is 32.8 Å². The Bertz CT molecular complexity index is 1550. The van der Waals surface area contributed by atoms with Crippen LogP contribution in [0.2, 0.25) is 0 Å². The highest BCUT2D eigenvalue weighted by Crippen LogP contribution is 2.39. The molecule has 36 heavy (non-hydrogen) atoms. The number of hydrogen-bond acceptors (Lipinski definition) is 7. The number of aromatic nitrogens is 3. The third-order valence-electron chi connectivity index (χ3n) is 6.41. The number of phenolic OH excluding ortho intramolecular Hbond substituents is 1. The van der Waals surface area contributed by atoms with Gasteiger partial charge in [-0.25, -0.2) is 8.78 Å². The number of aryl methyl sites for hydroxylation is 1. The van der Waals surface area contributed by atoms with Gasteiger partial charge in [-0.2, -0.15) is 9.97 Å². The normalized spacial score (nSPS) is 18.1. The summed E-state index contributed by atoms with van der Waals surface area (Å²) in [4.78, 5) is 14.8. The van der Waals surface area contributed by atoms with E-state index < -0.39 is 17.2 Å². The Morgan fingerprint density at radius 2 is 1.97 bits per heavy atom. The molecule has 7 nitrogen and oxygen atoms in total. The minimum atomic E-state index is -1.00. The van der Waals surface area contributed by atoms with E-state index in [1.807, 2.05) is 20.0 Å². The molecule has 1 aliphatic rings. The van der Waals surface area contributed by atoms with Crippen molar-refractivity contribution in [2.45, 2.75) is 39.2 Å². The van der Waals surface area contributed by atoms with Crippen molar-refractivity contribution in [3.63, 3.8) is 0 Å². The van der Waals surface area contributed by atoms with E-state index >= 15 is 4.39 Å². The van der Waals surface area contributed by atoms with Crippen molar-refractivity contribution < 1.29 is 23.7 Å². The Hall–Kier alpha value is -3.85. The summed E-state index contributed by atoms with van der Waals surface area (Å²) in [5.41, 5.74) is 0.479. The second kappa shape index (κ2) is 8.67. The van der Waals surface area contributed by atoms with Crippen LogP contribution in [0.5, 0.6) is 11.8 Å². The van der Waals surface area contributed by atoms with Gasteiger partial charge in [-0.05, 0) is 54.8 Å². The lowest BCUT2D eigenvalue weighted by Gasteiger charge is -2.35. The number of aliphatic hydroxyl groups is 1. The molecule has 0 bridgehead atoms. The molecule has 2 aromatic carbocycles. The summed E-state index contributed by atoms with van der Waals surface area (Å²) in [7, 11) is 1.39. The maximum absolute atomic E-state index is 16.2. The summed E-state index contributed by atoms with van der Waals surface area (Å²) < 4.78 is 36.1. The standard InChI is InChI=1S/C27H26F2N4O3/c1-5-17-20(28)7-6-15-8-16(34)9-18(21(15)17)23-22(29)24-19(11-30-23)25(32-26(31-24)36-4)33-12-14(2)10-27(3,35)13-33/h6-9,11-12,34-35H,5,10,13H2,1-4H3. The van der Waals surface area contributed by atoms with Crippen LogP contribution in [0.3, 0.4) is 0 Å². The molecule has 2 N–H and O–H groups in total. The Kier molecular flexibility index (Phi) is 5.75. The number of rotatable bonds is 4. The molecule has 2 aromatic heterocycles. The molecule has 0 radical (unpaired) electrons. The lowest BCUT2D eigenvalue weighted by molar-refractivity contribution is 0.0651. The van der Waals surface area contributed by atoms with Crippen LogP contribution in [0.25, 0.3) is 32.9 Å². The zero-order valence-corrected chi connectivity index (χ0v) is 20.4. The van der Waals surface area contributed by atoms with E-state index in [1.54, 1.807) is 17.9 Å². The van der Waals surface area contributed by atoms with Gasteiger partial charge < -0.3 is 19.8 Å². The first-order valence-electron chi connectivity index (χ1n) is 11.6. The van der Waals surface area contributed by atoms with Gasteiger partial charge in [0.1, 0.15) is 28.6 Å². The van der Waals surface area contributed by atoms with Crippen LogP contribution in [0.4, 0.5) is 14.6 Å². The molecule has 1 aliphatic heterocycles. The van der Waals surface area contributed by atoms with E-state index in [9.17, 15) is 14.6 Å². The lowest BCUT2D eigenvalue weighted by atomic mass is 9.93. The highest BCUT2D eigenvalue weighted by atomic mass is 19.1. The molecular weight excluding hydrogens is 466 g/mol. The number of hydrogen-bond donors (Lipinski definition) is 2. The van der Waals surface area contributed by atoms with Crippen molar-refractivity contribution in [1.29, 1.82) is 0 Å². The van der Waals surface area contributed by atoms with E-state index in [-0.39, 0.29) is 35.1 Å². The molecule has 1 atom stereocenters. The van der Waals surface area contributed by atoms with Gasteiger partial charge in [0.25, 0.3) is 0 Å².